The molecule has 4 heteroatoms. The van der Waals surface area contributed by atoms with Crippen molar-refractivity contribution in [1.29, 1.82) is 0 Å². The molecule has 0 spiro atoms. The average molecular weight is 282 g/mol. The van der Waals surface area contributed by atoms with E-state index in [-0.39, 0.29) is 17.2 Å². The summed E-state index contributed by atoms with van der Waals surface area (Å²) in [4.78, 5) is 14.0. The van der Waals surface area contributed by atoms with Gasteiger partial charge in [0.25, 0.3) is 0 Å². The van der Waals surface area contributed by atoms with Crippen LogP contribution in [-0.4, -0.2) is 43.5 Å². The van der Waals surface area contributed by atoms with Crippen LogP contribution < -0.4 is 0 Å². The molecule has 1 amide bonds. The van der Waals surface area contributed by atoms with Crippen molar-refractivity contribution in [3.05, 3.63) is 35.9 Å². The first kappa shape index (κ1) is 14.4. The van der Waals surface area contributed by atoms with Crippen molar-refractivity contribution in [2.24, 2.45) is 5.92 Å². The molecule has 2 rings (SSSR count). The van der Waals surface area contributed by atoms with E-state index in [1.807, 2.05) is 25.2 Å². The Morgan fingerprint density at radius 2 is 2.16 bits per heavy atom. The zero-order valence-electron chi connectivity index (χ0n) is 11.4. The zero-order valence-corrected chi connectivity index (χ0v) is 12.1. The van der Waals surface area contributed by atoms with Crippen LogP contribution in [0.3, 0.4) is 0 Å². The van der Waals surface area contributed by atoms with E-state index in [1.165, 1.54) is 5.56 Å². The van der Waals surface area contributed by atoms with Crippen LogP contribution in [0.2, 0.25) is 0 Å². The molecule has 1 saturated carbocycles. The van der Waals surface area contributed by atoms with Crippen LogP contribution in [0.25, 0.3) is 0 Å². The lowest BCUT2D eigenvalue weighted by Crippen LogP contribution is -2.35. The van der Waals surface area contributed by atoms with E-state index in [0.717, 1.165) is 6.42 Å². The van der Waals surface area contributed by atoms with Gasteiger partial charge in [-0.3, -0.25) is 4.79 Å². The summed E-state index contributed by atoms with van der Waals surface area (Å²) in [5.74, 6) is 0.696. The van der Waals surface area contributed by atoms with Crippen LogP contribution in [0.1, 0.15) is 17.9 Å². The van der Waals surface area contributed by atoms with Gasteiger partial charge in [0.15, 0.2) is 0 Å². The summed E-state index contributed by atoms with van der Waals surface area (Å²) in [5.41, 5.74) is 1.26. The number of alkyl halides is 1. The van der Waals surface area contributed by atoms with Gasteiger partial charge in [-0.2, -0.15) is 0 Å². The second-order valence-electron chi connectivity index (χ2n) is 5.13. The van der Waals surface area contributed by atoms with Crippen molar-refractivity contribution in [3.8, 4) is 0 Å². The van der Waals surface area contributed by atoms with Crippen LogP contribution in [0.15, 0.2) is 30.3 Å². The highest BCUT2D eigenvalue weighted by Gasteiger charge is 2.45. The summed E-state index contributed by atoms with van der Waals surface area (Å²) in [6.07, 6.45) is 0.949. The molecule has 0 bridgehead atoms. The Morgan fingerprint density at radius 3 is 2.79 bits per heavy atom. The molecular weight excluding hydrogens is 262 g/mol. The number of hydrogen-bond donors (Lipinski definition) is 0. The molecule has 1 aliphatic carbocycles. The Kier molecular flexibility index (Phi) is 4.83. The first-order chi connectivity index (χ1) is 9.13. The maximum atomic E-state index is 12.3. The van der Waals surface area contributed by atoms with E-state index in [9.17, 15) is 4.79 Å². The minimum absolute atomic E-state index is 0.124. The van der Waals surface area contributed by atoms with E-state index in [0.29, 0.717) is 19.1 Å². The van der Waals surface area contributed by atoms with Gasteiger partial charge in [-0.05, 0) is 17.9 Å². The Bertz CT molecular complexity index is 423. The Labute approximate surface area is 119 Å². The lowest BCUT2D eigenvalue weighted by atomic mass is 10.1. The Morgan fingerprint density at radius 1 is 1.47 bits per heavy atom. The van der Waals surface area contributed by atoms with Crippen molar-refractivity contribution < 1.29 is 9.53 Å². The zero-order chi connectivity index (χ0) is 13.8. The van der Waals surface area contributed by atoms with Gasteiger partial charge in [0.2, 0.25) is 5.91 Å². The number of hydrogen-bond acceptors (Lipinski definition) is 2. The molecule has 3 nitrogen and oxygen atoms in total. The second-order valence-corrected chi connectivity index (χ2v) is 5.75. The molecular formula is C15H20ClNO2. The number of carbonyl (C=O) groups excluding carboxylic acids is 1. The number of methoxy groups -OCH3 is 1. The van der Waals surface area contributed by atoms with Crippen LogP contribution in [0, 0.1) is 5.92 Å². The van der Waals surface area contributed by atoms with Crippen LogP contribution >= 0.6 is 11.6 Å². The number of amides is 1. The molecule has 3 atom stereocenters. The van der Waals surface area contributed by atoms with Crippen molar-refractivity contribution in [2.45, 2.75) is 17.7 Å². The number of benzene rings is 1. The third kappa shape index (κ3) is 3.71. The molecule has 0 aromatic heterocycles. The van der Waals surface area contributed by atoms with Gasteiger partial charge in [-0.25, -0.2) is 0 Å². The smallest absolute Gasteiger partial charge is 0.226 e. The van der Waals surface area contributed by atoms with E-state index in [4.69, 9.17) is 16.3 Å². The Balaban J connectivity index is 1.85. The molecule has 1 aromatic carbocycles. The third-order valence-electron chi connectivity index (χ3n) is 3.53. The molecule has 0 N–H and O–H groups in total. The third-order valence-corrected chi connectivity index (χ3v) is 3.80. The summed E-state index contributed by atoms with van der Waals surface area (Å²) in [7, 11) is 3.43. The van der Waals surface area contributed by atoms with E-state index < -0.39 is 0 Å². The van der Waals surface area contributed by atoms with Gasteiger partial charge in [0, 0.05) is 26.6 Å². The number of rotatable bonds is 6. The summed E-state index contributed by atoms with van der Waals surface area (Å²) >= 11 is 6.08. The molecule has 104 valence electrons. The lowest BCUT2D eigenvalue weighted by molar-refractivity contribution is -0.131. The standard InChI is InChI=1S/C15H20ClNO2/c1-17(9-12(16)10-19-2)15(18)14-8-13(14)11-6-4-3-5-7-11/h3-7,12-14H,8-10H2,1-2H3. The van der Waals surface area contributed by atoms with E-state index in [2.05, 4.69) is 12.1 Å². The van der Waals surface area contributed by atoms with Gasteiger partial charge in [-0.15, -0.1) is 11.6 Å². The first-order valence-electron chi connectivity index (χ1n) is 6.56. The van der Waals surface area contributed by atoms with Crippen molar-refractivity contribution >= 4 is 17.5 Å². The van der Waals surface area contributed by atoms with Crippen molar-refractivity contribution in [1.82, 2.24) is 4.90 Å². The highest BCUT2D eigenvalue weighted by molar-refractivity contribution is 6.21. The highest BCUT2D eigenvalue weighted by atomic mass is 35.5. The summed E-state index contributed by atoms with van der Waals surface area (Å²) < 4.78 is 4.98. The first-order valence-corrected chi connectivity index (χ1v) is 7.00. The van der Waals surface area contributed by atoms with Gasteiger partial charge < -0.3 is 9.64 Å². The van der Waals surface area contributed by atoms with Crippen molar-refractivity contribution in [3.63, 3.8) is 0 Å². The van der Waals surface area contributed by atoms with E-state index in [1.54, 1.807) is 12.0 Å². The topological polar surface area (TPSA) is 29.5 Å². The molecule has 1 fully saturated rings. The fraction of sp³-hybridized carbons (Fsp3) is 0.533. The number of halogens is 1. The largest absolute Gasteiger partial charge is 0.383 e. The van der Waals surface area contributed by atoms with Crippen LogP contribution in [-0.2, 0) is 9.53 Å². The summed E-state index contributed by atoms with van der Waals surface area (Å²) in [6, 6.07) is 10.2. The minimum atomic E-state index is -0.145. The molecule has 0 heterocycles. The molecule has 1 aliphatic rings. The fourth-order valence-electron chi connectivity index (χ4n) is 2.44. The minimum Gasteiger partial charge on any atom is -0.383 e. The van der Waals surface area contributed by atoms with Gasteiger partial charge in [-0.1, -0.05) is 30.3 Å². The number of carbonyl (C=O) groups is 1. The van der Waals surface area contributed by atoms with Crippen molar-refractivity contribution in [2.75, 3.05) is 27.3 Å². The maximum Gasteiger partial charge on any atom is 0.226 e. The number of ether oxygens (including phenoxy) is 1. The SMILES string of the molecule is COCC(Cl)CN(C)C(=O)C1CC1c1ccccc1. The monoisotopic (exact) mass is 281 g/mol. The lowest BCUT2D eigenvalue weighted by Gasteiger charge is -2.20. The van der Waals surface area contributed by atoms with Crippen LogP contribution in [0.4, 0.5) is 0 Å². The van der Waals surface area contributed by atoms with Gasteiger partial charge in [0.05, 0.1) is 12.0 Å². The summed E-state index contributed by atoms with van der Waals surface area (Å²) in [5, 5.41) is -0.145. The quantitative estimate of drug-likeness (QED) is 0.750. The van der Waals surface area contributed by atoms with Gasteiger partial charge in [0.1, 0.15) is 0 Å². The van der Waals surface area contributed by atoms with Gasteiger partial charge >= 0.3 is 0 Å². The molecule has 3 unspecified atom stereocenters. The average Bonchev–Trinajstić information content (AvgIpc) is 3.19. The fourth-order valence-corrected chi connectivity index (χ4v) is 2.77. The molecule has 19 heavy (non-hydrogen) atoms. The Hall–Kier alpha value is -1.06. The molecule has 0 radical (unpaired) electrons. The predicted octanol–water partition coefficient (Wildman–Crippen LogP) is 2.50. The highest BCUT2D eigenvalue weighted by Crippen LogP contribution is 2.48. The van der Waals surface area contributed by atoms with Crippen LogP contribution in [0.5, 0.6) is 0 Å². The molecule has 1 aromatic rings. The molecule has 0 aliphatic heterocycles. The predicted molar refractivity (Wildman–Crippen MR) is 76.4 cm³/mol. The normalized spacial score (nSPS) is 22.9. The maximum absolute atomic E-state index is 12.3. The number of nitrogens with zero attached hydrogens (tertiary/aromatic N) is 1. The molecule has 0 saturated heterocycles. The second kappa shape index (κ2) is 6.40. The van der Waals surface area contributed by atoms with E-state index >= 15 is 0 Å². The summed E-state index contributed by atoms with van der Waals surface area (Å²) in [6.45, 7) is 0.998.